The Hall–Kier alpha value is -2.82. The molecule has 142 valence electrons. The molecule has 0 aliphatic heterocycles. The number of aryl methyl sites for hydroxylation is 1. The quantitative estimate of drug-likeness (QED) is 0.381. The summed E-state index contributed by atoms with van der Waals surface area (Å²) < 4.78 is 0. The minimum atomic E-state index is 0.147. The van der Waals surface area contributed by atoms with Gasteiger partial charge in [-0.1, -0.05) is 48.0 Å². The van der Waals surface area contributed by atoms with Crippen LogP contribution in [0.25, 0.3) is 0 Å². The number of hydrogen-bond donors (Lipinski definition) is 3. The van der Waals surface area contributed by atoms with Gasteiger partial charge >= 0.3 is 0 Å². The van der Waals surface area contributed by atoms with Crippen LogP contribution in [0.2, 0.25) is 0 Å². The summed E-state index contributed by atoms with van der Waals surface area (Å²) in [7, 11) is 0. The molecule has 5 heteroatoms. The fraction of sp³-hybridized carbons (Fsp3) is 0.364. The lowest BCUT2D eigenvalue weighted by Crippen LogP contribution is -2.33. The van der Waals surface area contributed by atoms with E-state index in [0.717, 1.165) is 30.9 Å². The molecule has 5 nitrogen and oxygen atoms in total. The first kappa shape index (κ1) is 19.0. The average molecular weight is 364 g/mol. The summed E-state index contributed by atoms with van der Waals surface area (Å²) in [5.41, 5.74) is 3.39. The topological polar surface area (TPSA) is 65.5 Å². The Labute approximate surface area is 161 Å². The van der Waals surface area contributed by atoms with Crippen molar-refractivity contribution in [2.75, 3.05) is 11.9 Å². The van der Waals surface area contributed by atoms with Crippen LogP contribution in [0.1, 0.15) is 36.8 Å². The number of nitrogens with one attached hydrogen (secondary N) is 3. The molecule has 27 heavy (non-hydrogen) atoms. The molecule has 1 amide bonds. The first-order chi connectivity index (χ1) is 13.2. The van der Waals surface area contributed by atoms with E-state index in [9.17, 15) is 4.79 Å². The Morgan fingerprint density at radius 3 is 2.52 bits per heavy atom. The van der Waals surface area contributed by atoms with E-state index >= 15 is 0 Å². The Balaban J connectivity index is 1.52. The van der Waals surface area contributed by atoms with Crippen molar-refractivity contribution in [2.45, 2.75) is 45.2 Å². The number of anilines is 1. The zero-order chi connectivity index (χ0) is 18.9. The van der Waals surface area contributed by atoms with Gasteiger partial charge in [0.25, 0.3) is 0 Å². The van der Waals surface area contributed by atoms with E-state index in [1.807, 2.05) is 30.3 Å². The Kier molecular flexibility index (Phi) is 6.85. The molecule has 0 bridgehead atoms. The highest BCUT2D eigenvalue weighted by Gasteiger charge is 2.22. The molecule has 0 heterocycles. The molecule has 1 aliphatic carbocycles. The van der Waals surface area contributed by atoms with Crippen LogP contribution in [-0.2, 0) is 11.3 Å². The molecule has 0 radical (unpaired) electrons. The second-order valence-electron chi connectivity index (χ2n) is 7.01. The van der Waals surface area contributed by atoms with Crippen LogP contribution in [0, 0.1) is 6.92 Å². The predicted molar refractivity (Wildman–Crippen MR) is 111 cm³/mol. The van der Waals surface area contributed by atoms with E-state index in [-0.39, 0.29) is 5.91 Å². The number of rotatable bonds is 8. The second-order valence-corrected chi connectivity index (χ2v) is 7.01. The number of aliphatic imine (C=N–C) groups is 1. The van der Waals surface area contributed by atoms with Crippen LogP contribution in [0.5, 0.6) is 0 Å². The molecule has 0 spiro atoms. The Bertz CT molecular complexity index is 752. The van der Waals surface area contributed by atoms with E-state index in [1.165, 1.54) is 11.1 Å². The molecule has 3 rings (SSSR count). The summed E-state index contributed by atoms with van der Waals surface area (Å²) in [6.07, 6.45) is 3.57. The number of hydrogen-bond acceptors (Lipinski definition) is 2. The molecular formula is C22H28N4O. The number of benzene rings is 2. The standard InChI is InChI=1S/C22H28N4O/c1-17-9-11-18(12-10-17)16-24-22(26-19-6-3-2-4-7-19)23-15-5-8-21(27)25-20-13-14-20/h2-4,6-7,9-12,20H,5,8,13-16H2,1H3,(H,25,27)(H2,23,24,26). The van der Waals surface area contributed by atoms with Crippen molar-refractivity contribution in [3.05, 3.63) is 65.7 Å². The molecule has 2 aromatic carbocycles. The molecule has 2 aromatic rings. The van der Waals surface area contributed by atoms with Crippen molar-refractivity contribution in [2.24, 2.45) is 4.99 Å². The fourth-order valence-electron chi connectivity index (χ4n) is 2.64. The SMILES string of the molecule is Cc1ccc(CN=C(NCCCC(=O)NC2CC2)Nc2ccccc2)cc1. The maximum absolute atomic E-state index is 11.8. The van der Waals surface area contributed by atoms with Crippen LogP contribution in [0.3, 0.4) is 0 Å². The van der Waals surface area contributed by atoms with Crippen molar-refractivity contribution in [1.82, 2.24) is 10.6 Å². The largest absolute Gasteiger partial charge is 0.356 e. The van der Waals surface area contributed by atoms with Gasteiger partial charge in [-0.05, 0) is 43.9 Å². The summed E-state index contributed by atoms with van der Waals surface area (Å²) >= 11 is 0. The highest BCUT2D eigenvalue weighted by atomic mass is 16.1. The van der Waals surface area contributed by atoms with Gasteiger partial charge in [-0.2, -0.15) is 0 Å². The number of nitrogens with zero attached hydrogens (tertiary/aromatic N) is 1. The highest BCUT2D eigenvalue weighted by molar-refractivity contribution is 5.93. The summed E-state index contributed by atoms with van der Waals surface area (Å²) in [6.45, 7) is 3.38. The normalized spacial score (nSPS) is 13.9. The van der Waals surface area contributed by atoms with Gasteiger partial charge in [0.15, 0.2) is 5.96 Å². The van der Waals surface area contributed by atoms with Crippen LogP contribution >= 0.6 is 0 Å². The predicted octanol–water partition coefficient (Wildman–Crippen LogP) is 3.61. The van der Waals surface area contributed by atoms with E-state index < -0.39 is 0 Å². The van der Waals surface area contributed by atoms with Gasteiger partial charge < -0.3 is 16.0 Å². The van der Waals surface area contributed by atoms with Crippen molar-refractivity contribution in [3.8, 4) is 0 Å². The fourth-order valence-corrected chi connectivity index (χ4v) is 2.64. The minimum absolute atomic E-state index is 0.147. The van der Waals surface area contributed by atoms with Gasteiger partial charge in [0.1, 0.15) is 0 Å². The third kappa shape index (κ3) is 7.13. The van der Waals surface area contributed by atoms with Gasteiger partial charge in [-0.3, -0.25) is 4.79 Å². The monoisotopic (exact) mass is 364 g/mol. The van der Waals surface area contributed by atoms with Gasteiger partial charge in [-0.25, -0.2) is 4.99 Å². The maximum Gasteiger partial charge on any atom is 0.220 e. The lowest BCUT2D eigenvalue weighted by atomic mass is 10.1. The number of para-hydroxylation sites is 1. The van der Waals surface area contributed by atoms with Crippen LogP contribution in [0.15, 0.2) is 59.6 Å². The lowest BCUT2D eigenvalue weighted by Gasteiger charge is -2.13. The minimum Gasteiger partial charge on any atom is -0.356 e. The van der Waals surface area contributed by atoms with Crippen molar-refractivity contribution in [3.63, 3.8) is 0 Å². The van der Waals surface area contributed by atoms with Crippen molar-refractivity contribution < 1.29 is 4.79 Å². The Morgan fingerprint density at radius 1 is 1.07 bits per heavy atom. The van der Waals surface area contributed by atoms with Crippen LogP contribution in [0.4, 0.5) is 5.69 Å². The second kappa shape index (κ2) is 9.76. The average Bonchev–Trinajstić information content (AvgIpc) is 3.49. The molecule has 3 N–H and O–H groups in total. The van der Waals surface area contributed by atoms with Gasteiger partial charge in [0.05, 0.1) is 6.54 Å². The van der Waals surface area contributed by atoms with Crippen LogP contribution < -0.4 is 16.0 Å². The van der Waals surface area contributed by atoms with Gasteiger partial charge in [0.2, 0.25) is 5.91 Å². The van der Waals surface area contributed by atoms with Crippen molar-refractivity contribution in [1.29, 1.82) is 0 Å². The number of guanidine groups is 1. The molecule has 0 atom stereocenters. The van der Waals surface area contributed by atoms with E-state index in [0.29, 0.717) is 25.6 Å². The number of carbonyl (C=O) groups excluding carboxylic acids is 1. The molecular weight excluding hydrogens is 336 g/mol. The third-order valence-electron chi connectivity index (χ3n) is 4.39. The smallest absolute Gasteiger partial charge is 0.220 e. The number of amides is 1. The first-order valence-corrected chi connectivity index (χ1v) is 9.64. The van der Waals surface area contributed by atoms with Gasteiger partial charge in [0, 0.05) is 24.7 Å². The summed E-state index contributed by atoms with van der Waals surface area (Å²) in [5, 5.41) is 9.68. The van der Waals surface area contributed by atoms with E-state index in [4.69, 9.17) is 0 Å². The first-order valence-electron chi connectivity index (χ1n) is 9.64. The summed E-state index contributed by atoms with van der Waals surface area (Å²) in [5.74, 6) is 0.873. The van der Waals surface area contributed by atoms with E-state index in [2.05, 4.69) is 52.1 Å². The lowest BCUT2D eigenvalue weighted by molar-refractivity contribution is -0.121. The number of carbonyl (C=O) groups is 1. The molecule has 0 unspecified atom stereocenters. The van der Waals surface area contributed by atoms with Gasteiger partial charge in [-0.15, -0.1) is 0 Å². The molecule has 1 aliphatic rings. The highest BCUT2D eigenvalue weighted by Crippen LogP contribution is 2.18. The third-order valence-corrected chi connectivity index (χ3v) is 4.39. The molecule has 0 saturated heterocycles. The zero-order valence-electron chi connectivity index (χ0n) is 15.9. The van der Waals surface area contributed by atoms with Crippen LogP contribution in [-0.4, -0.2) is 24.5 Å². The molecule has 1 saturated carbocycles. The summed E-state index contributed by atoms with van der Waals surface area (Å²) in [4.78, 5) is 16.5. The van der Waals surface area contributed by atoms with E-state index in [1.54, 1.807) is 0 Å². The Morgan fingerprint density at radius 2 is 1.81 bits per heavy atom. The molecule has 0 aromatic heterocycles. The zero-order valence-corrected chi connectivity index (χ0v) is 15.9. The summed E-state index contributed by atoms with van der Waals surface area (Å²) in [6, 6.07) is 18.8. The molecule has 1 fully saturated rings. The van der Waals surface area contributed by atoms with Crippen molar-refractivity contribution >= 4 is 17.6 Å². The maximum atomic E-state index is 11.8.